The zero-order chi connectivity index (χ0) is 12.7. The molecule has 0 aromatic rings. The zero-order valence-corrected chi connectivity index (χ0v) is 10.6. The predicted molar refractivity (Wildman–Crippen MR) is 63.8 cm³/mol. The Kier molecular flexibility index (Phi) is 6.72. The monoisotopic (exact) mass is 229 g/mol. The first-order chi connectivity index (χ1) is 7.40. The molecule has 0 rings (SSSR count). The van der Waals surface area contributed by atoms with Crippen LogP contribution in [0.5, 0.6) is 0 Å². The molecule has 0 radical (unpaired) electrons. The molecule has 0 aliphatic rings. The molecule has 94 valence electrons. The van der Waals surface area contributed by atoms with E-state index in [0.717, 1.165) is 6.42 Å². The van der Waals surface area contributed by atoms with Crippen LogP contribution in [0.25, 0.3) is 0 Å². The van der Waals surface area contributed by atoms with Gasteiger partial charge in [-0.3, -0.25) is 9.59 Å². The summed E-state index contributed by atoms with van der Waals surface area (Å²) in [6.07, 6.45) is 0.884. The number of carbonyl (C=O) groups excluding carboxylic acids is 2. The zero-order valence-electron chi connectivity index (χ0n) is 10.6. The molecule has 5 heteroatoms. The Morgan fingerprint density at radius 2 is 1.94 bits per heavy atom. The maximum Gasteiger partial charge on any atom is 0.239 e. The van der Waals surface area contributed by atoms with E-state index in [4.69, 9.17) is 5.73 Å². The molecule has 0 saturated carbocycles. The summed E-state index contributed by atoms with van der Waals surface area (Å²) in [6, 6.07) is -0.538. The van der Waals surface area contributed by atoms with Gasteiger partial charge in [-0.1, -0.05) is 20.8 Å². The van der Waals surface area contributed by atoms with Crippen LogP contribution >= 0.6 is 0 Å². The summed E-state index contributed by atoms with van der Waals surface area (Å²) in [4.78, 5) is 24.4. The van der Waals surface area contributed by atoms with Crippen molar-refractivity contribution in [1.82, 2.24) is 10.2 Å². The van der Waals surface area contributed by atoms with Crippen molar-refractivity contribution >= 4 is 11.8 Å². The van der Waals surface area contributed by atoms with Gasteiger partial charge in [-0.15, -0.1) is 0 Å². The molecule has 5 nitrogen and oxygen atoms in total. The second kappa shape index (κ2) is 7.22. The van der Waals surface area contributed by atoms with E-state index in [2.05, 4.69) is 5.32 Å². The third-order valence-corrected chi connectivity index (χ3v) is 2.33. The molecule has 0 spiro atoms. The fourth-order valence-electron chi connectivity index (χ4n) is 1.15. The summed E-state index contributed by atoms with van der Waals surface area (Å²) in [5.41, 5.74) is 5.71. The highest BCUT2D eigenvalue weighted by Gasteiger charge is 2.22. The number of hydrogen-bond donors (Lipinski definition) is 2. The molecular formula is C11H23N3O2. The third kappa shape index (κ3) is 5.11. The van der Waals surface area contributed by atoms with Gasteiger partial charge in [-0.2, -0.15) is 0 Å². The molecule has 1 atom stereocenters. The van der Waals surface area contributed by atoms with Crippen molar-refractivity contribution in [3.63, 3.8) is 0 Å². The molecule has 0 aliphatic carbocycles. The smallest absolute Gasteiger partial charge is 0.239 e. The van der Waals surface area contributed by atoms with E-state index < -0.39 is 6.04 Å². The van der Waals surface area contributed by atoms with E-state index >= 15 is 0 Å². The maximum absolute atomic E-state index is 11.7. The number of likely N-dealkylation sites (N-methyl/N-ethyl adjacent to an activating group) is 1. The Morgan fingerprint density at radius 1 is 1.38 bits per heavy atom. The Labute approximate surface area is 97.4 Å². The standard InChI is InChI=1S/C11H23N3O2/c1-5-6-13-9(15)7-14(4)11(16)10(12)8(2)3/h8,10H,5-7,12H2,1-4H3,(H,13,15)/t10-/m1/s1. The van der Waals surface area contributed by atoms with Gasteiger partial charge in [0, 0.05) is 13.6 Å². The number of nitrogens with one attached hydrogen (secondary N) is 1. The fourth-order valence-corrected chi connectivity index (χ4v) is 1.15. The van der Waals surface area contributed by atoms with Gasteiger partial charge in [0.25, 0.3) is 0 Å². The van der Waals surface area contributed by atoms with Crippen molar-refractivity contribution < 1.29 is 9.59 Å². The molecule has 2 amide bonds. The summed E-state index contributed by atoms with van der Waals surface area (Å²) in [5, 5.41) is 2.71. The summed E-state index contributed by atoms with van der Waals surface area (Å²) < 4.78 is 0. The average molecular weight is 229 g/mol. The van der Waals surface area contributed by atoms with Crippen LogP contribution in [-0.2, 0) is 9.59 Å². The minimum absolute atomic E-state index is 0.0687. The Bertz CT molecular complexity index is 241. The number of nitrogens with zero attached hydrogens (tertiary/aromatic N) is 1. The molecular weight excluding hydrogens is 206 g/mol. The van der Waals surface area contributed by atoms with Gasteiger partial charge in [0.2, 0.25) is 11.8 Å². The first-order valence-corrected chi connectivity index (χ1v) is 5.67. The minimum Gasteiger partial charge on any atom is -0.355 e. The van der Waals surface area contributed by atoms with Crippen molar-refractivity contribution in [1.29, 1.82) is 0 Å². The number of hydrogen-bond acceptors (Lipinski definition) is 3. The van der Waals surface area contributed by atoms with E-state index in [1.54, 1.807) is 7.05 Å². The van der Waals surface area contributed by atoms with E-state index in [0.29, 0.717) is 6.54 Å². The van der Waals surface area contributed by atoms with E-state index in [1.165, 1.54) is 4.90 Å². The van der Waals surface area contributed by atoms with Crippen LogP contribution in [0.3, 0.4) is 0 Å². The van der Waals surface area contributed by atoms with E-state index in [1.807, 2.05) is 20.8 Å². The molecule has 0 aliphatic heterocycles. The summed E-state index contributed by atoms with van der Waals surface area (Å²) in [7, 11) is 1.59. The van der Waals surface area contributed by atoms with Gasteiger partial charge >= 0.3 is 0 Å². The minimum atomic E-state index is -0.538. The van der Waals surface area contributed by atoms with Crippen molar-refractivity contribution in [3.05, 3.63) is 0 Å². The molecule has 3 N–H and O–H groups in total. The van der Waals surface area contributed by atoms with Crippen molar-refractivity contribution in [2.24, 2.45) is 11.7 Å². The van der Waals surface area contributed by atoms with Crippen LogP contribution < -0.4 is 11.1 Å². The molecule has 0 aromatic carbocycles. The molecule has 0 saturated heterocycles. The average Bonchev–Trinajstić information content (AvgIpc) is 2.23. The van der Waals surface area contributed by atoms with Gasteiger partial charge in [0.15, 0.2) is 0 Å². The van der Waals surface area contributed by atoms with E-state index in [-0.39, 0.29) is 24.3 Å². The Hall–Kier alpha value is -1.10. The number of rotatable bonds is 6. The van der Waals surface area contributed by atoms with Crippen LogP contribution in [0.1, 0.15) is 27.2 Å². The molecule has 16 heavy (non-hydrogen) atoms. The van der Waals surface area contributed by atoms with Crippen LogP contribution in [-0.4, -0.2) is 42.9 Å². The third-order valence-electron chi connectivity index (χ3n) is 2.33. The van der Waals surface area contributed by atoms with Crippen LogP contribution in [0.4, 0.5) is 0 Å². The predicted octanol–water partition coefficient (Wildman–Crippen LogP) is -0.0457. The van der Waals surface area contributed by atoms with Crippen molar-refractivity contribution in [3.8, 4) is 0 Å². The lowest BCUT2D eigenvalue weighted by molar-refractivity contribution is -0.136. The SMILES string of the molecule is CCCNC(=O)CN(C)C(=O)[C@H](N)C(C)C. The number of carbonyl (C=O) groups is 2. The lowest BCUT2D eigenvalue weighted by Crippen LogP contribution is -2.48. The topological polar surface area (TPSA) is 75.4 Å². The van der Waals surface area contributed by atoms with Gasteiger partial charge in [-0.25, -0.2) is 0 Å². The van der Waals surface area contributed by atoms with Gasteiger partial charge in [0.1, 0.15) is 0 Å². The highest BCUT2D eigenvalue weighted by molar-refractivity contribution is 5.87. The largest absolute Gasteiger partial charge is 0.355 e. The highest BCUT2D eigenvalue weighted by atomic mass is 16.2. The highest BCUT2D eigenvalue weighted by Crippen LogP contribution is 2.01. The first-order valence-electron chi connectivity index (χ1n) is 5.67. The lowest BCUT2D eigenvalue weighted by atomic mass is 10.0. The Morgan fingerprint density at radius 3 is 2.38 bits per heavy atom. The summed E-state index contributed by atoms with van der Waals surface area (Å²) in [5.74, 6) is -0.260. The van der Waals surface area contributed by atoms with Crippen LogP contribution in [0, 0.1) is 5.92 Å². The molecule has 0 heterocycles. The number of amides is 2. The second-order valence-corrected chi connectivity index (χ2v) is 4.31. The molecule has 0 bridgehead atoms. The first kappa shape index (κ1) is 14.9. The van der Waals surface area contributed by atoms with Gasteiger partial charge in [0.05, 0.1) is 12.6 Å². The molecule has 0 fully saturated rings. The van der Waals surface area contributed by atoms with E-state index in [9.17, 15) is 9.59 Å². The number of nitrogens with two attached hydrogens (primary N) is 1. The fraction of sp³-hybridized carbons (Fsp3) is 0.818. The van der Waals surface area contributed by atoms with Crippen LogP contribution in [0.15, 0.2) is 0 Å². The quantitative estimate of drug-likeness (QED) is 0.671. The van der Waals surface area contributed by atoms with Crippen molar-refractivity contribution in [2.75, 3.05) is 20.1 Å². The normalized spacial score (nSPS) is 12.4. The Balaban J connectivity index is 4.09. The second-order valence-electron chi connectivity index (χ2n) is 4.31. The van der Waals surface area contributed by atoms with Gasteiger partial charge < -0.3 is 16.0 Å². The van der Waals surface area contributed by atoms with Crippen LogP contribution in [0.2, 0.25) is 0 Å². The molecule has 0 unspecified atom stereocenters. The van der Waals surface area contributed by atoms with Crippen molar-refractivity contribution in [2.45, 2.75) is 33.2 Å². The summed E-state index contributed by atoms with van der Waals surface area (Å²) >= 11 is 0. The lowest BCUT2D eigenvalue weighted by Gasteiger charge is -2.22. The maximum atomic E-state index is 11.7. The van der Waals surface area contributed by atoms with Gasteiger partial charge in [-0.05, 0) is 12.3 Å². The molecule has 0 aromatic heterocycles. The summed E-state index contributed by atoms with van der Waals surface area (Å²) in [6.45, 7) is 6.45.